The van der Waals surface area contributed by atoms with Gasteiger partial charge in [0.15, 0.2) is 5.78 Å². The molecule has 0 radical (unpaired) electrons. The third kappa shape index (κ3) is 4.36. The highest BCUT2D eigenvalue weighted by Crippen LogP contribution is 2.16. The second-order valence-corrected chi connectivity index (χ2v) is 5.71. The van der Waals surface area contributed by atoms with Crippen molar-refractivity contribution in [1.29, 1.82) is 0 Å². The van der Waals surface area contributed by atoms with Crippen LogP contribution in [-0.4, -0.2) is 5.78 Å². The highest BCUT2D eigenvalue weighted by Gasteiger charge is 2.07. The number of allylic oxidation sites excluding steroid dienone is 1. The van der Waals surface area contributed by atoms with Gasteiger partial charge in [0.1, 0.15) is 0 Å². The Morgan fingerprint density at radius 3 is 2.00 bits per heavy atom. The highest BCUT2D eigenvalue weighted by atomic mass is 16.1. The van der Waals surface area contributed by atoms with Crippen LogP contribution >= 0.6 is 0 Å². The third-order valence-electron chi connectivity index (χ3n) is 3.94. The number of hydrogen-bond acceptors (Lipinski definition) is 3. The molecule has 0 amide bonds. The zero-order valence-electron chi connectivity index (χ0n) is 13.9. The van der Waals surface area contributed by atoms with Crippen LogP contribution < -0.4 is 11.1 Å². The summed E-state index contributed by atoms with van der Waals surface area (Å²) >= 11 is 0. The van der Waals surface area contributed by atoms with E-state index in [0.29, 0.717) is 12.1 Å². The van der Waals surface area contributed by atoms with Crippen LogP contribution in [0.3, 0.4) is 0 Å². The van der Waals surface area contributed by atoms with Crippen LogP contribution in [0.5, 0.6) is 0 Å². The fraction of sp³-hybridized carbons (Fsp3) is 0.0455. The zero-order chi connectivity index (χ0) is 17.5. The molecule has 0 spiro atoms. The lowest BCUT2D eigenvalue weighted by molar-refractivity contribution is 0.104. The van der Waals surface area contributed by atoms with Crippen LogP contribution in [0.1, 0.15) is 21.5 Å². The van der Waals surface area contributed by atoms with Gasteiger partial charge in [-0.3, -0.25) is 4.79 Å². The van der Waals surface area contributed by atoms with Gasteiger partial charge in [0, 0.05) is 29.6 Å². The first-order valence-electron chi connectivity index (χ1n) is 8.18. The Balaban J connectivity index is 1.87. The molecular weight excluding hydrogens is 308 g/mol. The van der Waals surface area contributed by atoms with Crippen molar-refractivity contribution in [3.05, 3.63) is 108 Å². The van der Waals surface area contributed by atoms with E-state index in [2.05, 4.69) is 5.32 Å². The molecule has 0 aliphatic rings. The first-order chi connectivity index (χ1) is 12.2. The first kappa shape index (κ1) is 16.5. The summed E-state index contributed by atoms with van der Waals surface area (Å²) in [7, 11) is 0. The van der Waals surface area contributed by atoms with Gasteiger partial charge < -0.3 is 11.1 Å². The van der Waals surface area contributed by atoms with Gasteiger partial charge in [0.25, 0.3) is 0 Å². The molecule has 0 aromatic heterocycles. The Bertz CT molecular complexity index is 871. The summed E-state index contributed by atoms with van der Waals surface area (Å²) < 4.78 is 0. The molecule has 25 heavy (non-hydrogen) atoms. The van der Waals surface area contributed by atoms with Gasteiger partial charge in [0.2, 0.25) is 0 Å². The Labute approximate surface area is 147 Å². The van der Waals surface area contributed by atoms with Gasteiger partial charge in [-0.1, -0.05) is 78.9 Å². The first-order valence-corrected chi connectivity index (χ1v) is 8.18. The number of benzene rings is 3. The average Bonchev–Trinajstić information content (AvgIpc) is 2.67. The van der Waals surface area contributed by atoms with Gasteiger partial charge >= 0.3 is 0 Å². The Morgan fingerprint density at radius 1 is 0.800 bits per heavy atom. The Hall–Kier alpha value is -3.33. The molecule has 0 unspecified atom stereocenters. The molecule has 0 aliphatic heterocycles. The molecule has 3 rings (SSSR count). The minimum atomic E-state index is -0.0343. The SMILES string of the molecule is Nc1ccccc1CN/C(=C\C(=O)c1ccccc1)c1ccccc1. The summed E-state index contributed by atoms with van der Waals surface area (Å²) in [6.45, 7) is 0.551. The second-order valence-electron chi connectivity index (χ2n) is 5.71. The largest absolute Gasteiger partial charge is 0.398 e. The number of rotatable bonds is 6. The normalized spacial score (nSPS) is 11.1. The molecule has 0 bridgehead atoms. The standard InChI is InChI=1S/C22H20N2O/c23-20-14-8-7-13-19(20)16-24-21(17-9-3-1-4-10-17)15-22(25)18-11-5-2-6-12-18/h1-15,24H,16,23H2/b21-15-. The minimum absolute atomic E-state index is 0.0343. The summed E-state index contributed by atoms with van der Waals surface area (Å²) in [5.74, 6) is -0.0343. The molecule has 3 aromatic rings. The number of anilines is 1. The highest BCUT2D eigenvalue weighted by molar-refractivity contribution is 6.08. The number of para-hydroxylation sites is 1. The number of ketones is 1. The smallest absolute Gasteiger partial charge is 0.187 e. The summed E-state index contributed by atoms with van der Waals surface area (Å²) in [5, 5.41) is 3.35. The van der Waals surface area contributed by atoms with Crippen LogP contribution in [0.2, 0.25) is 0 Å². The van der Waals surface area contributed by atoms with E-state index in [1.54, 1.807) is 6.08 Å². The predicted molar refractivity (Wildman–Crippen MR) is 103 cm³/mol. The fourth-order valence-corrected chi connectivity index (χ4v) is 2.56. The molecule has 0 saturated carbocycles. The predicted octanol–water partition coefficient (Wildman–Crippen LogP) is 4.28. The molecule has 0 atom stereocenters. The lowest BCUT2D eigenvalue weighted by atomic mass is 10.1. The van der Waals surface area contributed by atoms with Crippen molar-refractivity contribution in [2.75, 3.05) is 5.73 Å². The number of carbonyl (C=O) groups excluding carboxylic acids is 1. The molecule has 3 nitrogen and oxygen atoms in total. The number of hydrogen-bond donors (Lipinski definition) is 2. The van der Waals surface area contributed by atoms with E-state index in [1.165, 1.54) is 0 Å². The van der Waals surface area contributed by atoms with E-state index in [4.69, 9.17) is 5.73 Å². The molecule has 0 fully saturated rings. The van der Waals surface area contributed by atoms with Gasteiger partial charge in [-0.25, -0.2) is 0 Å². The molecule has 3 aromatic carbocycles. The second kappa shape index (κ2) is 7.97. The maximum absolute atomic E-state index is 12.6. The molecule has 3 heteroatoms. The van der Waals surface area contributed by atoms with Gasteiger partial charge in [-0.05, 0) is 17.2 Å². The van der Waals surface area contributed by atoms with E-state index in [1.807, 2.05) is 84.9 Å². The lowest BCUT2D eigenvalue weighted by Crippen LogP contribution is -2.14. The average molecular weight is 328 g/mol. The van der Waals surface area contributed by atoms with Crippen molar-refractivity contribution in [3.63, 3.8) is 0 Å². The van der Waals surface area contributed by atoms with Crippen LogP contribution in [0.4, 0.5) is 5.69 Å². The van der Waals surface area contributed by atoms with Gasteiger partial charge in [0.05, 0.1) is 0 Å². The maximum atomic E-state index is 12.6. The van der Waals surface area contributed by atoms with Crippen LogP contribution in [0.25, 0.3) is 5.70 Å². The van der Waals surface area contributed by atoms with E-state index < -0.39 is 0 Å². The van der Waals surface area contributed by atoms with Crippen molar-refractivity contribution >= 4 is 17.2 Å². The number of nitrogens with two attached hydrogens (primary N) is 1. The minimum Gasteiger partial charge on any atom is -0.398 e. The lowest BCUT2D eigenvalue weighted by Gasteiger charge is -2.13. The monoisotopic (exact) mass is 328 g/mol. The number of nitrogen functional groups attached to an aromatic ring is 1. The molecule has 0 saturated heterocycles. The quantitative estimate of drug-likeness (QED) is 0.403. The van der Waals surface area contributed by atoms with Crippen molar-refractivity contribution in [2.24, 2.45) is 0 Å². The molecular formula is C22H20N2O. The van der Waals surface area contributed by atoms with Gasteiger partial charge in [-0.2, -0.15) is 0 Å². The Morgan fingerprint density at radius 2 is 1.36 bits per heavy atom. The summed E-state index contributed by atoms with van der Waals surface area (Å²) in [6.07, 6.45) is 1.64. The topological polar surface area (TPSA) is 55.1 Å². The van der Waals surface area contributed by atoms with Crippen molar-refractivity contribution in [3.8, 4) is 0 Å². The van der Waals surface area contributed by atoms with E-state index in [9.17, 15) is 4.79 Å². The van der Waals surface area contributed by atoms with Crippen molar-refractivity contribution in [1.82, 2.24) is 5.32 Å². The maximum Gasteiger partial charge on any atom is 0.187 e. The molecule has 0 heterocycles. The fourth-order valence-electron chi connectivity index (χ4n) is 2.56. The summed E-state index contributed by atoms with van der Waals surface area (Å²) in [6, 6.07) is 26.8. The number of carbonyl (C=O) groups is 1. The van der Waals surface area contributed by atoms with Gasteiger partial charge in [-0.15, -0.1) is 0 Å². The summed E-state index contributed by atoms with van der Waals surface area (Å²) in [5.41, 5.74) is 10.1. The van der Waals surface area contributed by atoms with Crippen LogP contribution in [0.15, 0.2) is 91.0 Å². The van der Waals surface area contributed by atoms with E-state index in [-0.39, 0.29) is 5.78 Å². The molecule has 3 N–H and O–H groups in total. The molecule has 124 valence electrons. The van der Waals surface area contributed by atoms with Crippen molar-refractivity contribution < 1.29 is 4.79 Å². The zero-order valence-corrected chi connectivity index (χ0v) is 13.9. The van der Waals surface area contributed by atoms with E-state index >= 15 is 0 Å². The summed E-state index contributed by atoms with van der Waals surface area (Å²) in [4.78, 5) is 12.6. The number of nitrogens with one attached hydrogen (secondary N) is 1. The van der Waals surface area contributed by atoms with E-state index in [0.717, 1.165) is 22.5 Å². The van der Waals surface area contributed by atoms with Crippen molar-refractivity contribution in [2.45, 2.75) is 6.54 Å². The third-order valence-corrected chi connectivity index (χ3v) is 3.94. The molecule has 0 aliphatic carbocycles. The van der Waals surface area contributed by atoms with Crippen LogP contribution in [0, 0.1) is 0 Å². The van der Waals surface area contributed by atoms with Crippen LogP contribution in [-0.2, 0) is 6.54 Å². The Kier molecular flexibility index (Phi) is 5.27.